The van der Waals surface area contributed by atoms with E-state index < -0.39 is 0 Å². The van der Waals surface area contributed by atoms with Gasteiger partial charge in [-0.3, -0.25) is 4.98 Å². The van der Waals surface area contributed by atoms with Crippen LogP contribution in [-0.2, 0) is 6.42 Å². The number of rotatable bonds is 5. The van der Waals surface area contributed by atoms with E-state index in [1.165, 1.54) is 11.6 Å². The maximum absolute atomic E-state index is 13.4. The summed E-state index contributed by atoms with van der Waals surface area (Å²) >= 11 is 3.49. The van der Waals surface area contributed by atoms with Gasteiger partial charge in [0.15, 0.2) is 0 Å². The molecule has 20 heavy (non-hydrogen) atoms. The molecule has 0 fully saturated rings. The van der Waals surface area contributed by atoms with Crippen LogP contribution < -0.4 is 5.32 Å². The standard InChI is InChI=1S/C16H18BrFN2/c1-3-20-16(14-10-19-7-6-11(14)2)9-12-8-13(18)4-5-15(12)17/h4-8,10,16,20H,3,9H2,1-2H3. The van der Waals surface area contributed by atoms with Crippen LogP contribution in [0.5, 0.6) is 0 Å². The molecule has 106 valence electrons. The zero-order valence-corrected chi connectivity index (χ0v) is 13.2. The second kappa shape index (κ2) is 6.95. The van der Waals surface area contributed by atoms with Gasteiger partial charge in [0, 0.05) is 22.9 Å². The van der Waals surface area contributed by atoms with E-state index in [0.29, 0.717) is 0 Å². The Labute approximate surface area is 127 Å². The molecule has 4 heteroatoms. The van der Waals surface area contributed by atoms with Crippen molar-refractivity contribution < 1.29 is 4.39 Å². The molecule has 0 saturated heterocycles. The zero-order chi connectivity index (χ0) is 14.5. The van der Waals surface area contributed by atoms with Crippen LogP contribution in [0.4, 0.5) is 4.39 Å². The Kier molecular flexibility index (Phi) is 5.26. The van der Waals surface area contributed by atoms with E-state index >= 15 is 0 Å². The maximum atomic E-state index is 13.4. The summed E-state index contributed by atoms with van der Waals surface area (Å²) in [5, 5.41) is 3.45. The van der Waals surface area contributed by atoms with E-state index in [4.69, 9.17) is 0 Å². The molecule has 0 spiro atoms. The van der Waals surface area contributed by atoms with Gasteiger partial charge in [0.25, 0.3) is 0 Å². The molecule has 0 radical (unpaired) electrons. The lowest BCUT2D eigenvalue weighted by Crippen LogP contribution is -2.24. The lowest BCUT2D eigenvalue weighted by atomic mass is 9.97. The number of nitrogens with zero attached hydrogens (tertiary/aromatic N) is 1. The third-order valence-electron chi connectivity index (χ3n) is 3.34. The highest BCUT2D eigenvalue weighted by Gasteiger charge is 2.15. The van der Waals surface area contributed by atoms with Crippen molar-refractivity contribution >= 4 is 15.9 Å². The van der Waals surface area contributed by atoms with E-state index in [-0.39, 0.29) is 11.9 Å². The summed E-state index contributed by atoms with van der Waals surface area (Å²) in [6.07, 6.45) is 4.40. The molecule has 1 unspecified atom stereocenters. The molecular weight excluding hydrogens is 319 g/mol. The number of hydrogen-bond donors (Lipinski definition) is 1. The first kappa shape index (κ1) is 15.1. The van der Waals surface area contributed by atoms with Crippen LogP contribution in [0.25, 0.3) is 0 Å². The van der Waals surface area contributed by atoms with Gasteiger partial charge in [-0.1, -0.05) is 22.9 Å². The average Bonchev–Trinajstić information content (AvgIpc) is 2.43. The molecule has 1 aromatic carbocycles. The van der Waals surface area contributed by atoms with Gasteiger partial charge in [-0.15, -0.1) is 0 Å². The summed E-state index contributed by atoms with van der Waals surface area (Å²) in [6.45, 7) is 4.99. The van der Waals surface area contributed by atoms with Crippen molar-refractivity contribution in [3.05, 3.63) is 63.6 Å². The van der Waals surface area contributed by atoms with Gasteiger partial charge in [0.1, 0.15) is 5.82 Å². The van der Waals surface area contributed by atoms with Gasteiger partial charge >= 0.3 is 0 Å². The molecule has 1 heterocycles. The van der Waals surface area contributed by atoms with Gasteiger partial charge < -0.3 is 5.32 Å². The fourth-order valence-electron chi connectivity index (χ4n) is 2.30. The summed E-state index contributed by atoms with van der Waals surface area (Å²) < 4.78 is 14.3. The fourth-order valence-corrected chi connectivity index (χ4v) is 2.71. The number of hydrogen-bond acceptors (Lipinski definition) is 2. The summed E-state index contributed by atoms with van der Waals surface area (Å²) in [5.74, 6) is -0.207. The van der Waals surface area contributed by atoms with Gasteiger partial charge in [0.05, 0.1) is 0 Å². The smallest absolute Gasteiger partial charge is 0.123 e. The lowest BCUT2D eigenvalue weighted by Gasteiger charge is -2.20. The van der Waals surface area contributed by atoms with Crippen molar-refractivity contribution in [1.82, 2.24) is 10.3 Å². The number of likely N-dealkylation sites (N-methyl/N-ethyl adjacent to an activating group) is 1. The van der Waals surface area contributed by atoms with Crippen molar-refractivity contribution in [3.63, 3.8) is 0 Å². The first-order valence-electron chi connectivity index (χ1n) is 6.69. The average molecular weight is 337 g/mol. The monoisotopic (exact) mass is 336 g/mol. The fraction of sp³-hybridized carbons (Fsp3) is 0.312. The van der Waals surface area contributed by atoms with Crippen molar-refractivity contribution in [2.75, 3.05) is 6.54 Å². The molecule has 0 amide bonds. The van der Waals surface area contributed by atoms with Crippen LogP contribution in [0.15, 0.2) is 41.1 Å². The lowest BCUT2D eigenvalue weighted by molar-refractivity contribution is 0.542. The minimum Gasteiger partial charge on any atom is -0.310 e. The van der Waals surface area contributed by atoms with Crippen molar-refractivity contribution in [3.8, 4) is 0 Å². The normalized spacial score (nSPS) is 12.4. The van der Waals surface area contributed by atoms with Gasteiger partial charge in [-0.05, 0) is 60.8 Å². The summed E-state index contributed by atoms with van der Waals surface area (Å²) in [6, 6.07) is 6.93. The Balaban J connectivity index is 2.30. The highest BCUT2D eigenvalue weighted by Crippen LogP contribution is 2.26. The van der Waals surface area contributed by atoms with E-state index in [2.05, 4.69) is 40.1 Å². The number of pyridine rings is 1. The van der Waals surface area contributed by atoms with E-state index in [9.17, 15) is 4.39 Å². The molecule has 2 aromatic rings. The topological polar surface area (TPSA) is 24.9 Å². The molecular formula is C16H18BrFN2. The van der Waals surface area contributed by atoms with Crippen LogP contribution in [0.3, 0.4) is 0 Å². The van der Waals surface area contributed by atoms with E-state index in [1.54, 1.807) is 18.3 Å². The quantitative estimate of drug-likeness (QED) is 0.885. The molecule has 0 aliphatic carbocycles. The Morgan fingerprint density at radius 2 is 2.15 bits per heavy atom. The van der Waals surface area contributed by atoms with Crippen LogP contribution >= 0.6 is 15.9 Å². The van der Waals surface area contributed by atoms with Crippen molar-refractivity contribution in [1.29, 1.82) is 0 Å². The molecule has 0 saturated carbocycles. The predicted octanol–water partition coefficient (Wildman–Crippen LogP) is 4.18. The minimum absolute atomic E-state index is 0.131. The summed E-state index contributed by atoms with van der Waals surface area (Å²) in [4.78, 5) is 4.20. The van der Waals surface area contributed by atoms with Gasteiger partial charge in [-0.25, -0.2) is 4.39 Å². The van der Waals surface area contributed by atoms with Crippen LogP contribution in [0, 0.1) is 12.7 Å². The molecule has 1 aromatic heterocycles. The zero-order valence-electron chi connectivity index (χ0n) is 11.7. The molecule has 2 rings (SSSR count). The van der Waals surface area contributed by atoms with Crippen molar-refractivity contribution in [2.45, 2.75) is 26.3 Å². The Morgan fingerprint density at radius 1 is 1.35 bits per heavy atom. The molecule has 1 atom stereocenters. The molecule has 2 nitrogen and oxygen atoms in total. The van der Waals surface area contributed by atoms with Crippen LogP contribution in [-0.4, -0.2) is 11.5 Å². The first-order chi connectivity index (χ1) is 9.61. The van der Waals surface area contributed by atoms with Gasteiger partial charge in [-0.2, -0.15) is 0 Å². The Hall–Kier alpha value is -1.26. The maximum Gasteiger partial charge on any atom is 0.123 e. The summed E-state index contributed by atoms with van der Waals surface area (Å²) in [5.41, 5.74) is 3.31. The highest BCUT2D eigenvalue weighted by atomic mass is 79.9. The second-order valence-corrected chi connectivity index (χ2v) is 5.64. The number of aromatic nitrogens is 1. The predicted molar refractivity (Wildman–Crippen MR) is 83.2 cm³/mol. The third kappa shape index (κ3) is 3.64. The third-order valence-corrected chi connectivity index (χ3v) is 4.11. The number of nitrogens with one attached hydrogen (secondary N) is 1. The van der Waals surface area contributed by atoms with Crippen LogP contribution in [0.1, 0.15) is 29.7 Å². The van der Waals surface area contributed by atoms with Crippen molar-refractivity contribution in [2.24, 2.45) is 0 Å². The molecule has 0 aliphatic rings. The molecule has 0 aliphatic heterocycles. The summed E-state index contributed by atoms with van der Waals surface area (Å²) in [7, 11) is 0. The second-order valence-electron chi connectivity index (χ2n) is 4.78. The minimum atomic E-state index is -0.207. The molecule has 1 N–H and O–H groups in total. The number of benzene rings is 1. The number of halogens is 2. The Bertz CT molecular complexity index is 586. The van der Waals surface area contributed by atoms with E-state index in [0.717, 1.165) is 28.6 Å². The number of aryl methyl sites for hydroxylation is 1. The molecule has 0 bridgehead atoms. The van der Waals surface area contributed by atoms with E-state index in [1.807, 2.05) is 12.3 Å². The highest BCUT2D eigenvalue weighted by molar-refractivity contribution is 9.10. The first-order valence-corrected chi connectivity index (χ1v) is 7.49. The van der Waals surface area contributed by atoms with Crippen LogP contribution in [0.2, 0.25) is 0 Å². The largest absolute Gasteiger partial charge is 0.310 e. The SMILES string of the molecule is CCNC(Cc1cc(F)ccc1Br)c1cnccc1C. The Morgan fingerprint density at radius 3 is 2.85 bits per heavy atom. The van der Waals surface area contributed by atoms with Gasteiger partial charge in [0.2, 0.25) is 0 Å².